The van der Waals surface area contributed by atoms with Gasteiger partial charge in [0.15, 0.2) is 0 Å². The van der Waals surface area contributed by atoms with Crippen molar-refractivity contribution >= 4 is 17.1 Å². The van der Waals surface area contributed by atoms with E-state index in [0.717, 1.165) is 23.7 Å². The molecule has 1 heteroatoms. The minimum absolute atomic E-state index is 0.0763. The lowest BCUT2D eigenvalue weighted by atomic mass is 9.26. The fourth-order valence-electron chi connectivity index (χ4n) is 13.3. The third kappa shape index (κ3) is 3.38. The van der Waals surface area contributed by atoms with Crippen LogP contribution in [0.5, 0.6) is 0 Å². The summed E-state index contributed by atoms with van der Waals surface area (Å²) in [6.07, 6.45) is 8.25. The molecular weight excluding hydrogens is 591 g/mol. The first-order chi connectivity index (χ1) is 23.7. The average molecular weight is 638 g/mol. The summed E-state index contributed by atoms with van der Waals surface area (Å²) in [5, 5.41) is 0. The van der Waals surface area contributed by atoms with Crippen molar-refractivity contribution < 1.29 is 0 Å². The van der Waals surface area contributed by atoms with Gasteiger partial charge < -0.3 is 4.90 Å². The van der Waals surface area contributed by atoms with Crippen molar-refractivity contribution in [3.8, 4) is 22.3 Å². The van der Waals surface area contributed by atoms with Gasteiger partial charge in [-0.1, -0.05) is 113 Å². The highest BCUT2D eigenvalue weighted by Gasteiger charge is 2.84. The maximum absolute atomic E-state index is 2.61. The molecule has 5 aromatic carbocycles. The normalized spacial score (nSPS) is 31.3. The molecule has 0 heterocycles. The van der Waals surface area contributed by atoms with Gasteiger partial charge in [-0.15, -0.1) is 0 Å². The molecule has 4 saturated carbocycles. The van der Waals surface area contributed by atoms with Crippen LogP contribution in [-0.4, -0.2) is 0 Å². The molecule has 0 radical (unpaired) electrons. The zero-order chi connectivity index (χ0) is 32.9. The maximum Gasteiger partial charge on any atom is 0.0502 e. The number of fused-ring (bicyclic) bond motifs is 9. The predicted molar refractivity (Wildman–Crippen MR) is 203 cm³/mol. The number of nitrogens with zero attached hydrogens (tertiary/aromatic N) is 1. The monoisotopic (exact) mass is 637 g/mol. The molecule has 0 aliphatic heterocycles. The van der Waals surface area contributed by atoms with Gasteiger partial charge in [-0.25, -0.2) is 0 Å². The Morgan fingerprint density at radius 3 is 2.02 bits per heavy atom. The first-order valence-corrected chi connectivity index (χ1v) is 19.1. The average Bonchev–Trinajstić information content (AvgIpc) is 3.75. The van der Waals surface area contributed by atoms with Gasteiger partial charge in [0.2, 0.25) is 0 Å². The molecular formula is C48H47N. The molecule has 6 unspecified atom stereocenters. The molecule has 49 heavy (non-hydrogen) atoms. The second-order valence-electron chi connectivity index (χ2n) is 18.0. The van der Waals surface area contributed by atoms with Crippen LogP contribution in [0.4, 0.5) is 17.1 Å². The van der Waals surface area contributed by atoms with E-state index in [4.69, 9.17) is 0 Å². The summed E-state index contributed by atoms with van der Waals surface area (Å²) in [5.41, 5.74) is 16.9. The number of anilines is 3. The van der Waals surface area contributed by atoms with E-state index in [1.54, 1.807) is 11.1 Å². The zero-order valence-electron chi connectivity index (χ0n) is 29.5. The molecule has 6 aliphatic rings. The third-order valence-electron chi connectivity index (χ3n) is 15.1. The first-order valence-electron chi connectivity index (χ1n) is 19.1. The van der Waals surface area contributed by atoms with Crippen molar-refractivity contribution in [2.75, 3.05) is 4.90 Å². The van der Waals surface area contributed by atoms with Gasteiger partial charge in [0.05, 0.1) is 5.69 Å². The van der Waals surface area contributed by atoms with E-state index in [-0.39, 0.29) is 16.2 Å². The third-order valence-corrected chi connectivity index (χ3v) is 15.1. The van der Waals surface area contributed by atoms with Crippen molar-refractivity contribution in [1.82, 2.24) is 0 Å². The van der Waals surface area contributed by atoms with Gasteiger partial charge in [-0.3, -0.25) is 0 Å². The number of hydrogen-bond acceptors (Lipinski definition) is 1. The summed E-state index contributed by atoms with van der Waals surface area (Å²) in [5.74, 6) is 3.49. The highest BCUT2D eigenvalue weighted by molar-refractivity contribution is 5.95. The van der Waals surface area contributed by atoms with Gasteiger partial charge in [-0.05, 0) is 153 Å². The fourth-order valence-corrected chi connectivity index (χ4v) is 13.3. The van der Waals surface area contributed by atoms with Crippen LogP contribution >= 0.6 is 0 Å². The van der Waals surface area contributed by atoms with Crippen molar-refractivity contribution in [3.63, 3.8) is 0 Å². The van der Waals surface area contributed by atoms with Crippen molar-refractivity contribution in [3.05, 3.63) is 138 Å². The summed E-state index contributed by atoms with van der Waals surface area (Å²) >= 11 is 0. The van der Waals surface area contributed by atoms with E-state index < -0.39 is 0 Å². The Balaban J connectivity index is 1.21. The van der Waals surface area contributed by atoms with E-state index in [2.05, 4.69) is 148 Å². The summed E-state index contributed by atoms with van der Waals surface area (Å²) in [6, 6.07) is 44.6. The molecule has 6 aliphatic carbocycles. The molecule has 244 valence electrons. The molecule has 0 amide bonds. The quantitative estimate of drug-likeness (QED) is 0.189. The van der Waals surface area contributed by atoms with Gasteiger partial charge >= 0.3 is 0 Å². The standard InChI is InChI=1S/C48H47N/c1-45(2)22-23-46(3,4)44-39(45)20-13-21-40(44)49(33-16-9-6-10-17-33)34-27-36(31-14-7-5-8-15-31)43-37(28-34)35-18-11-12-19-38(35)48(43)41-25-30-24-32-26-42(48)47(32,41)29-30/h5-21,27-28,30,32,41-42H,22-26,29H2,1-4H3. The topological polar surface area (TPSA) is 3.24 Å². The summed E-state index contributed by atoms with van der Waals surface area (Å²) in [4.78, 5) is 2.61. The van der Waals surface area contributed by atoms with E-state index >= 15 is 0 Å². The Kier molecular flexibility index (Phi) is 5.49. The fraction of sp³-hybridized carbons (Fsp3) is 0.375. The maximum atomic E-state index is 2.61. The lowest BCUT2D eigenvalue weighted by molar-refractivity contribution is -0.231. The number of para-hydroxylation sites is 1. The minimum atomic E-state index is 0.0763. The number of rotatable bonds is 4. The molecule has 0 N–H and O–H groups in total. The van der Waals surface area contributed by atoms with Crippen molar-refractivity contribution in [2.24, 2.45) is 29.1 Å². The largest absolute Gasteiger partial charge is 0.310 e. The predicted octanol–water partition coefficient (Wildman–Crippen LogP) is 12.5. The zero-order valence-corrected chi connectivity index (χ0v) is 29.5. The Bertz CT molecular complexity index is 2170. The summed E-state index contributed by atoms with van der Waals surface area (Å²) < 4.78 is 0. The smallest absolute Gasteiger partial charge is 0.0502 e. The molecule has 2 bridgehead atoms. The van der Waals surface area contributed by atoms with Crippen LogP contribution in [0.1, 0.15) is 88.5 Å². The number of benzene rings is 5. The molecule has 1 nitrogen and oxygen atoms in total. The second-order valence-corrected chi connectivity index (χ2v) is 18.0. The van der Waals surface area contributed by atoms with E-state index in [0.29, 0.717) is 5.41 Å². The van der Waals surface area contributed by atoms with E-state index in [9.17, 15) is 0 Å². The summed E-state index contributed by atoms with van der Waals surface area (Å²) in [7, 11) is 0. The van der Waals surface area contributed by atoms with Crippen LogP contribution in [0.3, 0.4) is 0 Å². The Hall–Kier alpha value is -4.10. The molecule has 5 aromatic rings. The first kappa shape index (κ1) is 28.7. The van der Waals surface area contributed by atoms with Crippen LogP contribution < -0.4 is 4.90 Å². The van der Waals surface area contributed by atoms with Crippen LogP contribution in [0, 0.1) is 29.1 Å². The van der Waals surface area contributed by atoms with E-state index in [1.165, 1.54) is 89.0 Å². The SMILES string of the molecule is CC1(C)CCC(C)(C)c2c(N(c3ccccc3)c3cc(-c4ccccc4)c4c(c3)-c3ccccc3C43C4CC5CC6CC3C64C5)cccc21. The second kappa shape index (κ2) is 9.36. The lowest BCUT2D eigenvalue weighted by Gasteiger charge is -2.76. The Labute approximate surface area is 292 Å². The van der Waals surface area contributed by atoms with Crippen LogP contribution in [-0.2, 0) is 16.2 Å². The minimum Gasteiger partial charge on any atom is -0.310 e. The highest BCUT2D eigenvalue weighted by atomic mass is 15.1. The van der Waals surface area contributed by atoms with Gasteiger partial charge in [0.1, 0.15) is 0 Å². The molecule has 4 fully saturated rings. The number of hydrogen-bond donors (Lipinski definition) is 0. The highest BCUT2D eigenvalue weighted by Crippen LogP contribution is 2.90. The molecule has 11 rings (SSSR count). The van der Waals surface area contributed by atoms with Crippen LogP contribution in [0.15, 0.2) is 115 Å². The van der Waals surface area contributed by atoms with Crippen LogP contribution in [0.2, 0.25) is 0 Å². The molecule has 0 saturated heterocycles. The Morgan fingerprint density at radius 1 is 0.551 bits per heavy atom. The molecule has 6 atom stereocenters. The van der Waals surface area contributed by atoms with Gasteiger partial charge in [0.25, 0.3) is 0 Å². The lowest BCUT2D eigenvalue weighted by Crippen LogP contribution is -2.73. The molecule has 2 spiro atoms. The van der Waals surface area contributed by atoms with Crippen molar-refractivity contribution in [1.29, 1.82) is 0 Å². The summed E-state index contributed by atoms with van der Waals surface area (Å²) in [6.45, 7) is 9.84. The van der Waals surface area contributed by atoms with Gasteiger partial charge in [-0.2, -0.15) is 0 Å². The van der Waals surface area contributed by atoms with Crippen molar-refractivity contribution in [2.45, 2.75) is 82.5 Å². The molecule has 0 aromatic heterocycles. The van der Waals surface area contributed by atoms with E-state index in [1.807, 2.05) is 0 Å². The van der Waals surface area contributed by atoms with Gasteiger partial charge in [0, 0.05) is 16.8 Å². The van der Waals surface area contributed by atoms with Crippen LogP contribution in [0.25, 0.3) is 22.3 Å². The Morgan fingerprint density at radius 2 is 1.22 bits per heavy atom.